The van der Waals surface area contributed by atoms with Crippen LogP contribution >= 0.6 is 0 Å². The first kappa shape index (κ1) is 19.8. The summed E-state index contributed by atoms with van der Waals surface area (Å²) in [6.07, 6.45) is 4.09. The SMILES string of the molecule is CC(=O)N1CCC(N2CCC[C@H](C(=O)c3ccc(-c4ccccc4)cc3)C2)CC1. The van der Waals surface area contributed by atoms with Crippen LogP contribution in [0.5, 0.6) is 0 Å². The third-order valence-electron chi connectivity index (χ3n) is 6.53. The van der Waals surface area contributed by atoms with Crippen LogP contribution in [0.4, 0.5) is 0 Å². The van der Waals surface area contributed by atoms with E-state index in [1.54, 1.807) is 6.92 Å². The number of Topliss-reactive ketones (excluding diaryl/α,β-unsaturated/α-hetero) is 1. The summed E-state index contributed by atoms with van der Waals surface area (Å²) in [5, 5.41) is 0. The number of amides is 1. The highest BCUT2D eigenvalue weighted by Gasteiger charge is 2.32. The van der Waals surface area contributed by atoms with Gasteiger partial charge in [-0.15, -0.1) is 0 Å². The predicted molar refractivity (Wildman–Crippen MR) is 116 cm³/mol. The molecule has 0 bridgehead atoms. The number of carbonyl (C=O) groups excluding carboxylic acids is 2. The second kappa shape index (κ2) is 8.91. The van der Waals surface area contributed by atoms with Crippen molar-refractivity contribution in [3.63, 3.8) is 0 Å². The number of hydrogen-bond donors (Lipinski definition) is 0. The molecule has 2 aromatic rings. The van der Waals surface area contributed by atoms with E-state index in [0.29, 0.717) is 6.04 Å². The van der Waals surface area contributed by atoms with Crippen LogP contribution in [0.15, 0.2) is 54.6 Å². The van der Waals surface area contributed by atoms with Crippen molar-refractivity contribution in [1.29, 1.82) is 0 Å². The molecule has 152 valence electrons. The Morgan fingerprint density at radius 2 is 1.48 bits per heavy atom. The lowest BCUT2D eigenvalue weighted by Crippen LogP contribution is -2.50. The predicted octanol–water partition coefficient (Wildman–Crippen LogP) is 4.26. The van der Waals surface area contributed by atoms with E-state index in [2.05, 4.69) is 29.2 Å². The van der Waals surface area contributed by atoms with Crippen molar-refractivity contribution in [2.24, 2.45) is 5.92 Å². The zero-order chi connectivity index (χ0) is 20.2. The highest BCUT2D eigenvalue weighted by Crippen LogP contribution is 2.27. The number of nitrogens with zero attached hydrogens (tertiary/aromatic N) is 2. The molecule has 0 spiro atoms. The molecule has 4 rings (SSSR count). The van der Waals surface area contributed by atoms with E-state index in [4.69, 9.17) is 0 Å². The number of likely N-dealkylation sites (tertiary alicyclic amines) is 2. The Labute approximate surface area is 173 Å². The summed E-state index contributed by atoms with van der Waals surface area (Å²) < 4.78 is 0. The number of carbonyl (C=O) groups is 2. The molecule has 2 aliphatic heterocycles. The van der Waals surface area contributed by atoms with E-state index in [1.807, 2.05) is 35.2 Å². The third kappa shape index (κ3) is 4.59. The van der Waals surface area contributed by atoms with Gasteiger partial charge in [-0.3, -0.25) is 14.5 Å². The zero-order valence-electron chi connectivity index (χ0n) is 17.2. The van der Waals surface area contributed by atoms with Crippen LogP contribution in [0.3, 0.4) is 0 Å². The molecule has 2 heterocycles. The van der Waals surface area contributed by atoms with Gasteiger partial charge in [-0.05, 0) is 43.4 Å². The summed E-state index contributed by atoms with van der Waals surface area (Å²) in [5.74, 6) is 0.529. The molecule has 0 radical (unpaired) electrons. The van der Waals surface area contributed by atoms with Gasteiger partial charge in [0, 0.05) is 44.1 Å². The summed E-state index contributed by atoms with van der Waals surface area (Å²) in [6, 6.07) is 18.8. The Morgan fingerprint density at radius 1 is 0.828 bits per heavy atom. The maximum atomic E-state index is 13.1. The van der Waals surface area contributed by atoms with E-state index < -0.39 is 0 Å². The standard InChI is InChI=1S/C25H30N2O2/c1-19(28)26-16-13-24(14-17-26)27-15-5-8-23(18-27)25(29)22-11-9-21(10-12-22)20-6-3-2-4-7-20/h2-4,6-7,9-12,23-24H,5,8,13-18H2,1H3/t23-/m0/s1. The van der Waals surface area contributed by atoms with E-state index in [-0.39, 0.29) is 17.6 Å². The van der Waals surface area contributed by atoms with Crippen LogP contribution in [0.2, 0.25) is 0 Å². The largest absolute Gasteiger partial charge is 0.343 e. The smallest absolute Gasteiger partial charge is 0.219 e. The lowest BCUT2D eigenvalue weighted by Gasteiger charge is -2.41. The van der Waals surface area contributed by atoms with Crippen molar-refractivity contribution in [2.45, 2.75) is 38.6 Å². The number of benzene rings is 2. The van der Waals surface area contributed by atoms with Crippen LogP contribution in [-0.2, 0) is 4.79 Å². The number of hydrogen-bond acceptors (Lipinski definition) is 3. The summed E-state index contributed by atoms with van der Waals surface area (Å²) >= 11 is 0. The molecule has 1 atom stereocenters. The van der Waals surface area contributed by atoms with Crippen molar-refractivity contribution in [3.8, 4) is 11.1 Å². The second-order valence-corrected chi connectivity index (χ2v) is 8.38. The average molecular weight is 391 g/mol. The fourth-order valence-electron chi connectivity index (χ4n) is 4.79. The van der Waals surface area contributed by atoms with Gasteiger partial charge in [0.05, 0.1) is 0 Å². The van der Waals surface area contributed by atoms with Crippen LogP contribution in [0.1, 0.15) is 43.0 Å². The highest BCUT2D eigenvalue weighted by molar-refractivity contribution is 5.98. The van der Waals surface area contributed by atoms with E-state index >= 15 is 0 Å². The number of ketones is 1. The van der Waals surface area contributed by atoms with Gasteiger partial charge in [-0.25, -0.2) is 0 Å². The molecule has 2 aliphatic rings. The van der Waals surface area contributed by atoms with Crippen molar-refractivity contribution >= 4 is 11.7 Å². The van der Waals surface area contributed by atoms with Crippen molar-refractivity contribution in [3.05, 3.63) is 60.2 Å². The number of rotatable bonds is 4. The van der Waals surface area contributed by atoms with Gasteiger partial charge in [-0.2, -0.15) is 0 Å². The molecule has 0 saturated carbocycles. The minimum atomic E-state index is 0.0807. The lowest BCUT2D eigenvalue weighted by atomic mass is 9.87. The first-order chi connectivity index (χ1) is 14.1. The van der Waals surface area contributed by atoms with Gasteiger partial charge in [0.2, 0.25) is 5.91 Å². The molecule has 0 aromatic heterocycles. The maximum absolute atomic E-state index is 13.1. The maximum Gasteiger partial charge on any atom is 0.219 e. The molecule has 4 heteroatoms. The Kier molecular flexibility index (Phi) is 6.10. The summed E-state index contributed by atoms with van der Waals surface area (Å²) in [6.45, 7) is 5.26. The zero-order valence-corrected chi connectivity index (χ0v) is 17.2. The first-order valence-corrected chi connectivity index (χ1v) is 10.8. The monoisotopic (exact) mass is 390 g/mol. The van der Waals surface area contributed by atoms with Gasteiger partial charge in [0.1, 0.15) is 0 Å². The average Bonchev–Trinajstić information content (AvgIpc) is 2.79. The molecule has 4 nitrogen and oxygen atoms in total. The van der Waals surface area contributed by atoms with E-state index in [1.165, 1.54) is 5.56 Å². The van der Waals surface area contributed by atoms with Crippen LogP contribution in [-0.4, -0.2) is 53.7 Å². The Morgan fingerprint density at radius 3 is 2.14 bits per heavy atom. The summed E-state index contributed by atoms with van der Waals surface area (Å²) in [4.78, 5) is 29.1. The topological polar surface area (TPSA) is 40.6 Å². The molecule has 2 saturated heterocycles. The molecule has 0 N–H and O–H groups in total. The molecular weight excluding hydrogens is 360 g/mol. The first-order valence-electron chi connectivity index (χ1n) is 10.8. The van der Waals surface area contributed by atoms with E-state index in [9.17, 15) is 9.59 Å². The minimum absolute atomic E-state index is 0.0807. The van der Waals surface area contributed by atoms with Gasteiger partial charge < -0.3 is 4.90 Å². The van der Waals surface area contributed by atoms with Crippen LogP contribution < -0.4 is 0 Å². The molecule has 0 aliphatic carbocycles. The second-order valence-electron chi connectivity index (χ2n) is 8.38. The molecule has 2 fully saturated rings. The van der Waals surface area contributed by atoms with Crippen LogP contribution in [0, 0.1) is 5.92 Å². The molecule has 1 amide bonds. The Hall–Kier alpha value is -2.46. The molecule has 0 unspecified atom stereocenters. The Bertz CT molecular complexity index is 839. The Balaban J connectivity index is 1.38. The fourth-order valence-corrected chi connectivity index (χ4v) is 4.79. The van der Waals surface area contributed by atoms with E-state index in [0.717, 1.165) is 63.0 Å². The number of piperidine rings is 2. The van der Waals surface area contributed by atoms with Crippen LogP contribution in [0.25, 0.3) is 11.1 Å². The molecule has 2 aromatic carbocycles. The van der Waals surface area contributed by atoms with Crippen molar-refractivity contribution in [2.75, 3.05) is 26.2 Å². The molecular formula is C25H30N2O2. The summed E-state index contributed by atoms with van der Waals surface area (Å²) in [7, 11) is 0. The van der Waals surface area contributed by atoms with Gasteiger partial charge in [0.25, 0.3) is 0 Å². The normalized spacial score (nSPS) is 21.1. The quantitative estimate of drug-likeness (QED) is 0.733. The van der Waals surface area contributed by atoms with Crippen molar-refractivity contribution < 1.29 is 9.59 Å². The minimum Gasteiger partial charge on any atom is -0.343 e. The highest BCUT2D eigenvalue weighted by atomic mass is 16.2. The molecule has 29 heavy (non-hydrogen) atoms. The third-order valence-corrected chi connectivity index (χ3v) is 6.53. The van der Waals surface area contributed by atoms with Gasteiger partial charge >= 0.3 is 0 Å². The lowest BCUT2D eigenvalue weighted by molar-refractivity contribution is -0.130. The summed E-state index contributed by atoms with van der Waals surface area (Å²) in [5.41, 5.74) is 3.14. The fraction of sp³-hybridized carbons (Fsp3) is 0.440. The van der Waals surface area contributed by atoms with Gasteiger partial charge in [0.15, 0.2) is 5.78 Å². The van der Waals surface area contributed by atoms with Gasteiger partial charge in [-0.1, -0.05) is 54.6 Å². The van der Waals surface area contributed by atoms with Crippen molar-refractivity contribution in [1.82, 2.24) is 9.80 Å².